The highest BCUT2D eigenvalue weighted by Gasteiger charge is 2.42. The van der Waals surface area contributed by atoms with Crippen molar-refractivity contribution in [1.29, 1.82) is 0 Å². The van der Waals surface area contributed by atoms with Gasteiger partial charge < -0.3 is 9.33 Å². The summed E-state index contributed by atoms with van der Waals surface area (Å²) in [5.74, 6) is 1.03. The summed E-state index contributed by atoms with van der Waals surface area (Å²) in [6, 6.07) is 5.99. The maximum atomic E-state index is 12.4. The molecule has 0 bridgehead atoms. The molecule has 1 amide bonds. The van der Waals surface area contributed by atoms with Crippen molar-refractivity contribution in [3.63, 3.8) is 0 Å². The lowest BCUT2D eigenvalue weighted by atomic mass is 10.1. The minimum absolute atomic E-state index is 0.138. The third-order valence-electron chi connectivity index (χ3n) is 4.63. The summed E-state index contributed by atoms with van der Waals surface area (Å²) in [6.07, 6.45) is 1.98. The minimum Gasteiger partial charge on any atom is -0.543 e. The molecule has 5 heteroatoms. The van der Waals surface area contributed by atoms with Gasteiger partial charge in [-0.1, -0.05) is 26.8 Å². The number of hydrogen-bond donors (Lipinski definition) is 0. The van der Waals surface area contributed by atoms with Crippen molar-refractivity contribution >= 4 is 31.7 Å². The maximum Gasteiger partial charge on any atom is 0.250 e. The SMILES string of the molecule is CSC1C(=O)N(C)c2cccc(O[Si](C)(C)C(C)(C)C)c21. The lowest BCUT2D eigenvalue weighted by Gasteiger charge is -2.37. The number of benzene rings is 1. The van der Waals surface area contributed by atoms with E-state index in [1.54, 1.807) is 16.7 Å². The summed E-state index contributed by atoms with van der Waals surface area (Å²) in [4.78, 5) is 14.1. The number of carbonyl (C=O) groups is 1. The average Bonchev–Trinajstić information content (AvgIpc) is 2.62. The second-order valence-corrected chi connectivity index (χ2v) is 12.7. The van der Waals surface area contributed by atoms with Gasteiger partial charge in [0.25, 0.3) is 0 Å². The fourth-order valence-electron chi connectivity index (χ4n) is 2.24. The molecule has 3 nitrogen and oxygen atoms in total. The molecule has 1 aliphatic rings. The molecule has 1 aromatic rings. The zero-order valence-corrected chi connectivity index (χ0v) is 15.8. The van der Waals surface area contributed by atoms with Gasteiger partial charge in [0.1, 0.15) is 11.0 Å². The molecule has 0 aliphatic carbocycles. The van der Waals surface area contributed by atoms with Crippen molar-refractivity contribution < 1.29 is 9.22 Å². The van der Waals surface area contributed by atoms with E-state index >= 15 is 0 Å². The third kappa shape index (κ3) is 2.73. The molecule has 1 aromatic carbocycles. The van der Waals surface area contributed by atoms with E-state index in [1.807, 2.05) is 31.5 Å². The first-order valence-electron chi connectivity index (χ1n) is 7.22. The Morgan fingerprint density at radius 3 is 2.43 bits per heavy atom. The zero-order chi connectivity index (χ0) is 16.0. The highest BCUT2D eigenvalue weighted by Crippen LogP contribution is 2.48. The number of thioether (sulfide) groups is 1. The smallest absolute Gasteiger partial charge is 0.250 e. The predicted octanol–water partition coefficient (Wildman–Crippen LogP) is 4.45. The van der Waals surface area contributed by atoms with E-state index < -0.39 is 8.32 Å². The molecule has 0 spiro atoms. The summed E-state index contributed by atoms with van der Waals surface area (Å²) in [7, 11) is -0.0732. The van der Waals surface area contributed by atoms with Gasteiger partial charge in [-0.05, 0) is 36.5 Å². The number of fused-ring (bicyclic) bond motifs is 1. The minimum atomic E-state index is -1.91. The van der Waals surface area contributed by atoms with Crippen LogP contribution in [0.2, 0.25) is 18.1 Å². The van der Waals surface area contributed by atoms with Crippen LogP contribution in [-0.4, -0.2) is 27.5 Å². The Bertz CT molecular complexity index is 566. The van der Waals surface area contributed by atoms with E-state index in [1.165, 1.54) is 0 Å². The molecule has 1 heterocycles. The first-order chi connectivity index (χ1) is 9.60. The largest absolute Gasteiger partial charge is 0.543 e. The van der Waals surface area contributed by atoms with E-state index in [0.29, 0.717) is 0 Å². The Balaban J connectivity index is 2.48. The molecule has 2 rings (SSSR count). The molecule has 0 saturated heterocycles. The maximum absolute atomic E-state index is 12.4. The summed E-state index contributed by atoms with van der Waals surface area (Å²) in [6.45, 7) is 11.2. The lowest BCUT2D eigenvalue weighted by Crippen LogP contribution is -2.44. The van der Waals surface area contributed by atoms with Crippen LogP contribution in [0, 0.1) is 0 Å². The van der Waals surface area contributed by atoms with Crippen molar-refractivity contribution in [3.05, 3.63) is 23.8 Å². The molecule has 116 valence electrons. The second kappa shape index (κ2) is 5.36. The first-order valence-corrected chi connectivity index (χ1v) is 11.4. The van der Waals surface area contributed by atoms with Crippen LogP contribution in [0.25, 0.3) is 0 Å². The van der Waals surface area contributed by atoms with Gasteiger partial charge in [-0.15, -0.1) is 11.8 Å². The fraction of sp³-hybridized carbons (Fsp3) is 0.562. The fourth-order valence-corrected chi connectivity index (χ4v) is 4.11. The van der Waals surface area contributed by atoms with Gasteiger partial charge in [0, 0.05) is 12.6 Å². The van der Waals surface area contributed by atoms with Crippen LogP contribution in [0.5, 0.6) is 5.75 Å². The van der Waals surface area contributed by atoms with Gasteiger partial charge in [-0.25, -0.2) is 0 Å². The van der Waals surface area contributed by atoms with Crippen molar-refractivity contribution in [1.82, 2.24) is 0 Å². The average molecular weight is 324 g/mol. The van der Waals surface area contributed by atoms with Crippen LogP contribution in [0.1, 0.15) is 31.6 Å². The van der Waals surface area contributed by atoms with Crippen molar-refractivity contribution in [2.45, 2.75) is 44.2 Å². The van der Waals surface area contributed by atoms with Crippen molar-refractivity contribution in [2.24, 2.45) is 0 Å². The van der Waals surface area contributed by atoms with Gasteiger partial charge in [-0.2, -0.15) is 0 Å². The summed E-state index contributed by atoms with van der Waals surface area (Å²) < 4.78 is 6.48. The molecular weight excluding hydrogens is 298 g/mol. The predicted molar refractivity (Wildman–Crippen MR) is 93.9 cm³/mol. The molecule has 0 radical (unpaired) electrons. The Morgan fingerprint density at radius 1 is 1.29 bits per heavy atom. The second-order valence-electron chi connectivity index (χ2n) is 7.06. The topological polar surface area (TPSA) is 29.5 Å². The van der Waals surface area contributed by atoms with Crippen LogP contribution < -0.4 is 9.33 Å². The van der Waals surface area contributed by atoms with E-state index in [4.69, 9.17) is 4.43 Å². The van der Waals surface area contributed by atoms with Crippen LogP contribution >= 0.6 is 11.8 Å². The summed E-state index contributed by atoms with van der Waals surface area (Å²) in [5.41, 5.74) is 2.03. The quantitative estimate of drug-likeness (QED) is 0.770. The van der Waals surface area contributed by atoms with Crippen LogP contribution in [-0.2, 0) is 4.79 Å². The normalized spacial score (nSPS) is 18.9. The zero-order valence-electron chi connectivity index (χ0n) is 14.0. The van der Waals surface area contributed by atoms with Crippen LogP contribution in [0.3, 0.4) is 0 Å². The Morgan fingerprint density at radius 2 is 1.90 bits per heavy atom. The van der Waals surface area contributed by atoms with E-state index in [2.05, 4.69) is 33.9 Å². The molecular formula is C16H25NO2SSi. The first kappa shape index (κ1) is 16.4. The van der Waals surface area contributed by atoms with Gasteiger partial charge in [0.05, 0.1) is 5.69 Å². The van der Waals surface area contributed by atoms with E-state index in [9.17, 15) is 4.79 Å². The Labute approximate surface area is 133 Å². The van der Waals surface area contributed by atoms with E-state index in [0.717, 1.165) is 17.0 Å². The third-order valence-corrected chi connectivity index (χ3v) is 9.88. The number of amides is 1. The number of likely N-dealkylation sites (N-methyl/N-ethyl adjacent to an activating group) is 1. The Hall–Kier alpha value is -0.943. The molecule has 0 saturated carbocycles. The number of carbonyl (C=O) groups excluding carboxylic acids is 1. The molecule has 1 atom stereocenters. The summed E-state index contributed by atoms with van der Waals surface area (Å²) in [5, 5.41) is -0.00926. The number of rotatable bonds is 3. The number of anilines is 1. The molecule has 1 unspecified atom stereocenters. The lowest BCUT2D eigenvalue weighted by molar-refractivity contribution is -0.117. The molecule has 1 aliphatic heterocycles. The van der Waals surface area contributed by atoms with Gasteiger partial charge in [0.2, 0.25) is 14.2 Å². The molecule has 0 aromatic heterocycles. The number of nitrogens with zero attached hydrogens (tertiary/aromatic N) is 1. The number of hydrogen-bond acceptors (Lipinski definition) is 3. The highest BCUT2D eigenvalue weighted by molar-refractivity contribution is 7.99. The van der Waals surface area contributed by atoms with E-state index in [-0.39, 0.29) is 16.2 Å². The molecule has 0 fully saturated rings. The highest BCUT2D eigenvalue weighted by atomic mass is 32.2. The summed E-state index contributed by atoms with van der Waals surface area (Å²) >= 11 is 1.58. The van der Waals surface area contributed by atoms with Gasteiger partial charge >= 0.3 is 0 Å². The van der Waals surface area contributed by atoms with Gasteiger partial charge in [-0.3, -0.25) is 4.79 Å². The van der Waals surface area contributed by atoms with Crippen LogP contribution in [0.15, 0.2) is 18.2 Å². The monoisotopic (exact) mass is 323 g/mol. The van der Waals surface area contributed by atoms with Crippen LogP contribution in [0.4, 0.5) is 5.69 Å². The standard InChI is InChI=1S/C16H25NO2SSi/c1-16(2,3)21(6,7)19-12-10-8-9-11-13(12)14(20-5)15(18)17(11)4/h8-10,14H,1-7H3. The molecule has 21 heavy (non-hydrogen) atoms. The van der Waals surface area contributed by atoms with Crippen molar-refractivity contribution in [3.8, 4) is 5.75 Å². The van der Waals surface area contributed by atoms with Gasteiger partial charge in [0.15, 0.2) is 0 Å². The van der Waals surface area contributed by atoms with Crippen molar-refractivity contribution in [2.75, 3.05) is 18.2 Å². The molecule has 0 N–H and O–H groups in total. The Kier molecular flexibility index (Phi) is 4.19.